The zero-order valence-corrected chi connectivity index (χ0v) is 17.7. The molecule has 156 valence electrons. The van der Waals surface area contributed by atoms with Crippen LogP contribution in [-0.4, -0.2) is 32.9 Å². The van der Waals surface area contributed by atoms with E-state index in [0.29, 0.717) is 22.0 Å². The van der Waals surface area contributed by atoms with Gasteiger partial charge in [0.05, 0.1) is 22.2 Å². The lowest BCUT2D eigenvalue weighted by molar-refractivity contribution is -0.131. The van der Waals surface area contributed by atoms with E-state index in [1.807, 2.05) is 6.07 Å². The van der Waals surface area contributed by atoms with Crippen molar-refractivity contribution in [2.45, 2.75) is 12.1 Å². The number of carbonyl (C=O) groups excluding carboxylic acids is 1. The van der Waals surface area contributed by atoms with Crippen molar-refractivity contribution >= 4 is 46.6 Å². The molecule has 1 aliphatic heterocycles. The van der Waals surface area contributed by atoms with Gasteiger partial charge in [-0.05, 0) is 61.2 Å². The third kappa shape index (κ3) is 4.52. The van der Waals surface area contributed by atoms with E-state index < -0.39 is 11.9 Å². The van der Waals surface area contributed by atoms with Gasteiger partial charge in [-0.3, -0.25) is 4.79 Å². The van der Waals surface area contributed by atoms with Gasteiger partial charge in [0.25, 0.3) is 11.1 Å². The van der Waals surface area contributed by atoms with Crippen molar-refractivity contribution in [1.82, 2.24) is 10.2 Å². The summed E-state index contributed by atoms with van der Waals surface area (Å²) >= 11 is 6.65. The highest BCUT2D eigenvalue weighted by atomic mass is 35.5. The van der Waals surface area contributed by atoms with Gasteiger partial charge in [-0.2, -0.15) is 10.1 Å². The first-order valence-electron chi connectivity index (χ1n) is 9.09. The molecule has 0 saturated heterocycles. The number of thioether (sulfide) groups is 1. The molecule has 0 unspecified atom stereocenters. The molecule has 0 saturated carbocycles. The first kappa shape index (κ1) is 20.8. The molecule has 4 rings (SSSR count). The van der Waals surface area contributed by atoms with E-state index >= 15 is 0 Å². The number of hydrazone groups is 1. The summed E-state index contributed by atoms with van der Waals surface area (Å²) in [6.45, 7) is 1.68. The number of para-hydroxylation sites is 1. The first-order chi connectivity index (χ1) is 14.9. The molecule has 8 nitrogen and oxygen atoms in total. The zero-order chi connectivity index (χ0) is 22.0. The lowest BCUT2D eigenvalue weighted by atomic mass is 10.0. The molecule has 2 aromatic carbocycles. The third-order valence-corrected chi connectivity index (χ3v) is 5.53. The Hall–Kier alpha value is -3.43. The standard InChI is InChI=1S/C21H15ClN4O4S/c1-12-16(19(27)26(25-12)15-5-3-2-4-6-15)11-17(20(28)29)31-21-24-23-18(30-21)13-7-9-14(22)10-8-13/h2-11,16H,1H3,(H,28,29)/b17-11+/t16-/m0/s1. The largest absolute Gasteiger partial charge is 0.477 e. The molecule has 0 radical (unpaired) electrons. The zero-order valence-electron chi connectivity index (χ0n) is 16.1. The van der Waals surface area contributed by atoms with Crippen LogP contribution in [0.25, 0.3) is 11.5 Å². The van der Waals surface area contributed by atoms with Crippen LogP contribution in [0.15, 0.2) is 80.3 Å². The molecule has 0 aliphatic carbocycles. The number of anilines is 1. The molecule has 3 aromatic rings. The van der Waals surface area contributed by atoms with Crippen LogP contribution < -0.4 is 5.01 Å². The van der Waals surface area contributed by atoms with Crippen LogP contribution in [0.5, 0.6) is 0 Å². The average Bonchev–Trinajstić information content (AvgIpc) is 3.34. The van der Waals surface area contributed by atoms with Crippen molar-refractivity contribution in [2.24, 2.45) is 11.0 Å². The van der Waals surface area contributed by atoms with E-state index in [1.165, 1.54) is 11.1 Å². The van der Waals surface area contributed by atoms with Gasteiger partial charge in [-0.25, -0.2) is 4.79 Å². The van der Waals surface area contributed by atoms with Crippen molar-refractivity contribution in [2.75, 3.05) is 5.01 Å². The summed E-state index contributed by atoms with van der Waals surface area (Å²) in [6, 6.07) is 15.7. The minimum atomic E-state index is -1.21. The third-order valence-electron chi connectivity index (χ3n) is 4.41. The Morgan fingerprint density at radius 1 is 1.16 bits per heavy atom. The molecule has 1 aromatic heterocycles. The molecule has 0 fully saturated rings. The molecule has 0 spiro atoms. The van der Waals surface area contributed by atoms with Crippen molar-refractivity contribution in [1.29, 1.82) is 0 Å². The van der Waals surface area contributed by atoms with E-state index in [4.69, 9.17) is 16.0 Å². The molecule has 31 heavy (non-hydrogen) atoms. The minimum Gasteiger partial charge on any atom is -0.477 e. The molecule has 1 atom stereocenters. The summed E-state index contributed by atoms with van der Waals surface area (Å²) in [4.78, 5) is 24.5. The number of amides is 1. The number of carboxylic acids is 1. The van der Waals surface area contributed by atoms with Gasteiger partial charge < -0.3 is 9.52 Å². The maximum atomic E-state index is 12.8. The Balaban J connectivity index is 1.56. The Morgan fingerprint density at radius 2 is 1.87 bits per heavy atom. The summed E-state index contributed by atoms with van der Waals surface area (Å²) < 4.78 is 5.57. The van der Waals surface area contributed by atoms with Crippen molar-refractivity contribution in [3.63, 3.8) is 0 Å². The maximum Gasteiger partial charge on any atom is 0.342 e. The van der Waals surface area contributed by atoms with Crippen LogP contribution in [-0.2, 0) is 9.59 Å². The van der Waals surface area contributed by atoms with Gasteiger partial charge in [0.2, 0.25) is 5.89 Å². The quantitative estimate of drug-likeness (QED) is 0.431. The molecule has 1 N–H and O–H groups in total. The first-order valence-corrected chi connectivity index (χ1v) is 10.3. The van der Waals surface area contributed by atoms with Crippen molar-refractivity contribution in [3.8, 4) is 11.5 Å². The number of aliphatic carboxylic acids is 1. The Kier molecular flexibility index (Phi) is 5.88. The minimum absolute atomic E-state index is 0.0403. The SMILES string of the molecule is CC1=NN(c2ccccc2)C(=O)[C@H]1/C=C(/Sc1nnc(-c2ccc(Cl)cc2)o1)C(=O)O. The van der Waals surface area contributed by atoms with Gasteiger partial charge in [-0.15, -0.1) is 10.2 Å². The fourth-order valence-corrected chi connectivity index (χ4v) is 3.69. The maximum absolute atomic E-state index is 12.8. The Bertz CT molecular complexity index is 1190. The van der Waals surface area contributed by atoms with E-state index in [9.17, 15) is 14.7 Å². The number of rotatable bonds is 6. The number of carbonyl (C=O) groups is 2. The lowest BCUT2D eigenvalue weighted by Crippen LogP contribution is -2.26. The van der Waals surface area contributed by atoms with E-state index in [2.05, 4.69) is 15.3 Å². The van der Waals surface area contributed by atoms with Crippen LogP contribution in [0.4, 0.5) is 5.69 Å². The molecule has 1 aliphatic rings. The second kappa shape index (κ2) is 8.75. The normalized spacial score (nSPS) is 16.5. The smallest absolute Gasteiger partial charge is 0.342 e. The average molecular weight is 455 g/mol. The highest BCUT2D eigenvalue weighted by Crippen LogP contribution is 2.32. The predicted molar refractivity (Wildman–Crippen MR) is 117 cm³/mol. The van der Waals surface area contributed by atoms with Crippen molar-refractivity contribution < 1.29 is 19.1 Å². The van der Waals surface area contributed by atoms with E-state index in [1.54, 1.807) is 55.5 Å². The number of halogens is 1. The fourth-order valence-electron chi connectivity index (χ4n) is 2.88. The molecule has 2 heterocycles. The van der Waals surface area contributed by atoms with Gasteiger partial charge in [-0.1, -0.05) is 29.8 Å². The molecule has 0 bridgehead atoms. The predicted octanol–water partition coefficient (Wildman–Crippen LogP) is 4.49. The van der Waals surface area contributed by atoms with Crippen molar-refractivity contribution in [3.05, 3.63) is 70.6 Å². The summed E-state index contributed by atoms with van der Waals surface area (Å²) in [5.41, 5.74) is 1.74. The van der Waals surface area contributed by atoms with Gasteiger partial charge in [0, 0.05) is 10.6 Å². The molecular formula is C21H15ClN4O4S. The summed E-state index contributed by atoms with van der Waals surface area (Å²) in [5, 5.41) is 23.6. The lowest BCUT2D eigenvalue weighted by Gasteiger charge is -2.12. The topological polar surface area (TPSA) is 109 Å². The highest BCUT2D eigenvalue weighted by molar-refractivity contribution is 8.03. The second-order valence-electron chi connectivity index (χ2n) is 6.52. The molecule has 10 heteroatoms. The number of aromatic nitrogens is 2. The monoisotopic (exact) mass is 454 g/mol. The Morgan fingerprint density at radius 3 is 2.55 bits per heavy atom. The van der Waals surface area contributed by atoms with Gasteiger partial charge in [0.15, 0.2) is 0 Å². The van der Waals surface area contributed by atoms with Crippen LogP contribution in [0.2, 0.25) is 5.02 Å². The number of hydrogen-bond acceptors (Lipinski definition) is 7. The summed E-state index contributed by atoms with van der Waals surface area (Å²) in [6.07, 6.45) is 1.35. The highest BCUT2D eigenvalue weighted by Gasteiger charge is 2.34. The molecular weight excluding hydrogens is 440 g/mol. The summed E-state index contributed by atoms with van der Waals surface area (Å²) in [5.74, 6) is -2.13. The number of carboxylic acid groups (broad SMARTS) is 1. The van der Waals surface area contributed by atoms with Crippen LogP contribution in [0, 0.1) is 5.92 Å². The van der Waals surface area contributed by atoms with E-state index in [0.717, 1.165) is 11.8 Å². The molecule has 1 amide bonds. The van der Waals surface area contributed by atoms with Gasteiger partial charge in [0.1, 0.15) is 0 Å². The number of nitrogens with zero attached hydrogens (tertiary/aromatic N) is 4. The second-order valence-corrected chi connectivity index (χ2v) is 7.95. The van der Waals surface area contributed by atoms with Crippen LogP contribution >= 0.6 is 23.4 Å². The summed E-state index contributed by atoms with van der Waals surface area (Å²) in [7, 11) is 0. The van der Waals surface area contributed by atoms with Gasteiger partial charge >= 0.3 is 5.97 Å². The van der Waals surface area contributed by atoms with E-state index in [-0.39, 0.29) is 21.9 Å². The number of benzene rings is 2. The fraction of sp³-hybridized carbons (Fsp3) is 0.0952. The number of hydrogen-bond donors (Lipinski definition) is 1. The Labute approximate surface area is 186 Å². The van der Waals surface area contributed by atoms with Crippen LogP contribution in [0.3, 0.4) is 0 Å². The van der Waals surface area contributed by atoms with Crippen LogP contribution in [0.1, 0.15) is 6.92 Å².